The third-order valence-corrected chi connectivity index (χ3v) is 8.48. The van der Waals surface area contributed by atoms with Gasteiger partial charge >= 0.3 is 6.16 Å². The van der Waals surface area contributed by atoms with Crippen LogP contribution in [0.3, 0.4) is 0 Å². The first-order chi connectivity index (χ1) is 13.2. The van der Waals surface area contributed by atoms with Crippen LogP contribution >= 0.6 is 11.3 Å². The predicted octanol–water partition coefficient (Wildman–Crippen LogP) is 5.43. The Morgan fingerprint density at radius 3 is 2.82 bits per heavy atom. The van der Waals surface area contributed by atoms with Crippen molar-refractivity contribution in [3.8, 4) is 22.7 Å². The van der Waals surface area contributed by atoms with E-state index in [1.807, 2.05) is 6.07 Å². The van der Waals surface area contributed by atoms with Crippen LogP contribution in [0.25, 0.3) is 0 Å². The number of carbonyl (C=O) groups is 1. The van der Waals surface area contributed by atoms with Crippen molar-refractivity contribution >= 4 is 17.5 Å². The van der Waals surface area contributed by atoms with E-state index >= 15 is 0 Å². The van der Waals surface area contributed by atoms with E-state index in [2.05, 4.69) is 49.5 Å². The van der Waals surface area contributed by atoms with Gasteiger partial charge in [-0.25, -0.2) is 4.79 Å². The lowest BCUT2D eigenvalue weighted by atomic mass is 9.56. The van der Waals surface area contributed by atoms with Crippen molar-refractivity contribution in [3.05, 3.63) is 46.3 Å². The summed E-state index contributed by atoms with van der Waals surface area (Å²) in [7, 11) is 0. The van der Waals surface area contributed by atoms with E-state index in [0.717, 1.165) is 16.9 Å². The summed E-state index contributed by atoms with van der Waals surface area (Å²) in [5.41, 5.74) is 3.12. The van der Waals surface area contributed by atoms with E-state index in [4.69, 9.17) is 9.84 Å². The number of ether oxygens (including phenoxy) is 2. The van der Waals surface area contributed by atoms with Gasteiger partial charge in [0.1, 0.15) is 11.4 Å². The van der Waals surface area contributed by atoms with Crippen LogP contribution < -0.4 is 9.47 Å². The van der Waals surface area contributed by atoms with Crippen molar-refractivity contribution in [2.75, 3.05) is 0 Å². The summed E-state index contributed by atoms with van der Waals surface area (Å²) in [5, 5.41) is 10.8. The van der Waals surface area contributed by atoms with E-state index in [1.54, 1.807) is 11.4 Å². The van der Waals surface area contributed by atoms with Crippen molar-refractivity contribution < 1.29 is 19.4 Å². The van der Waals surface area contributed by atoms with Gasteiger partial charge in [-0.3, -0.25) is 0 Å². The first-order valence-corrected chi connectivity index (χ1v) is 10.5. The van der Waals surface area contributed by atoms with Crippen LogP contribution in [0.5, 0.6) is 10.8 Å². The molecule has 2 heterocycles. The molecule has 144 valence electrons. The summed E-state index contributed by atoms with van der Waals surface area (Å²) in [4.78, 5) is 10.6. The molecule has 1 aliphatic heterocycles. The normalized spacial score (nSPS) is 34.2. The first kappa shape index (κ1) is 17.6. The van der Waals surface area contributed by atoms with Crippen LogP contribution in [0, 0.1) is 23.2 Å². The minimum absolute atomic E-state index is 0.000812. The summed E-state index contributed by atoms with van der Waals surface area (Å²) in [6.07, 6.45) is 2.43. The SMILES string of the molecule is CC12CCC(C1)C1(C)Oc3ccc(C#Cc4csc(OC(=O)O)c4)cc3C21C. The van der Waals surface area contributed by atoms with Gasteiger partial charge < -0.3 is 14.6 Å². The lowest BCUT2D eigenvalue weighted by Crippen LogP contribution is -2.54. The molecule has 28 heavy (non-hydrogen) atoms. The van der Waals surface area contributed by atoms with Crippen molar-refractivity contribution in [1.29, 1.82) is 0 Å². The number of rotatable bonds is 1. The molecule has 4 atom stereocenters. The Balaban J connectivity index is 1.49. The molecule has 1 aromatic carbocycles. The van der Waals surface area contributed by atoms with Gasteiger partial charge in [-0.05, 0) is 55.7 Å². The molecule has 0 radical (unpaired) electrons. The lowest BCUT2D eigenvalue weighted by Gasteiger charge is -2.48. The van der Waals surface area contributed by atoms with Gasteiger partial charge in [0.05, 0.1) is 0 Å². The second-order valence-electron chi connectivity index (χ2n) is 8.82. The smallest absolute Gasteiger partial charge is 0.486 e. The van der Waals surface area contributed by atoms with E-state index < -0.39 is 6.16 Å². The van der Waals surface area contributed by atoms with E-state index in [1.165, 1.54) is 36.2 Å². The Bertz CT molecular complexity index is 1060. The van der Waals surface area contributed by atoms with E-state index in [9.17, 15) is 4.79 Å². The number of fused-ring (bicyclic) bond motifs is 7. The summed E-state index contributed by atoms with van der Waals surface area (Å²) in [6.45, 7) is 7.09. The largest absolute Gasteiger partial charge is 0.512 e. The molecule has 2 bridgehead atoms. The second kappa shape index (κ2) is 5.55. The van der Waals surface area contributed by atoms with Crippen molar-refractivity contribution in [2.24, 2.45) is 11.3 Å². The van der Waals surface area contributed by atoms with Gasteiger partial charge in [-0.15, -0.1) is 11.3 Å². The molecular weight excluding hydrogens is 372 g/mol. The number of thiophene rings is 1. The fourth-order valence-corrected chi connectivity index (χ4v) is 6.62. The highest BCUT2D eigenvalue weighted by molar-refractivity contribution is 7.12. The zero-order valence-corrected chi connectivity index (χ0v) is 17.0. The van der Waals surface area contributed by atoms with Crippen LogP contribution in [0.1, 0.15) is 56.7 Å². The third kappa shape index (κ3) is 2.15. The number of carboxylic acid groups (broad SMARTS) is 1. The van der Waals surface area contributed by atoms with Crippen molar-refractivity contribution in [1.82, 2.24) is 0 Å². The minimum Gasteiger partial charge on any atom is -0.486 e. The topological polar surface area (TPSA) is 55.8 Å². The molecule has 0 spiro atoms. The number of hydrogen-bond donors (Lipinski definition) is 1. The van der Waals surface area contributed by atoms with Crippen LogP contribution in [-0.2, 0) is 5.41 Å². The highest BCUT2D eigenvalue weighted by atomic mass is 32.1. The highest BCUT2D eigenvalue weighted by Gasteiger charge is 2.73. The third-order valence-electron chi connectivity index (χ3n) is 7.68. The van der Waals surface area contributed by atoms with Crippen molar-refractivity contribution in [3.63, 3.8) is 0 Å². The highest BCUT2D eigenvalue weighted by Crippen LogP contribution is 2.73. The Kier molecular flexibility index (Phi) is 3.49. The molecule has 2 aromatic rings. The monoisotopic (exact) mass is 394 g/mol. The van der Waals surface area contributed by atoms with E-state index in [0.29, 0.717) is 11.0 Å². The lowest BCUT2D eigenvalue weighted by molar-refractivity contribution is -0.0260. The molecule has 3 aliphatic rings. The van der Waals surface area contributed by atoms with Gasteiger partial charge in [0.15, 0.2) is 5.06 Å². The molecular formula is C23H22O4S. The zero-order valence-electron chi connectivity index (χ0n) is 16.2. The Morgan fingerprint density at radius 2 is 2.04 bits per heavy atom. The summed E-state index contributed by atoms with van der Waals surface area (Å²) in [6, 6.07) is 7.91. The molecule has 0 amide bonds. The molecule has 2 aliphatic carbocycles. The standard InChI is InChI=1S/C23H22O4S/c1-21-9-8-16(12-21)23(3)22(21,2)17-10-14(6-7-18(17)27-23)4-5-15-11-19(28-13-15)26-20(24)25/h6-7,10-11,13,16H,8-9,12H2,1-3H3,(H,24,25). The number of benzene rings is 1. The molecule has 2 saturated carbocycles. The predicted molar refractivity (Wildman–Crippen MR) is 107 cm³/mol. The second-order valence-corrected chi connectivity index (χ2v) is 9.69. The molecule has 4 nitrogen and oxygen atoms in total. The zero-order chi connectivity index (χ0) is 19.7. The molecule has 5 rings (SSSR count). The number of hydrogen-bond acceptors (Lipinski definition) is 4. The molecule has 0 saturated heterocycles. The Morgan fingerprint density at radius 1 is 1.25 bits per heavy atom. The molecule has 1 N–H and O–H groups in total. The van der Waals surface area contributed by atoms with Gasteiger partial charge in [0.2, 0.25) is 0 Å². The fourth-order valence-electron chi connectivity index (χ4n) is 5.93. The Hall–Kier alpha value is -2.45. The van der Waals surface area contributed by atoms with Crippen LogP contribution in [0.4, 0.5) is 4.79 Å². The van der Waals surface area contributed by atoms with Gasteiger partial charge in [-0.2, -0.15) is 0 Å². The first-order valence-electron chi connectivity index (χ1n) is 9.60. The summed E-state index contributed by atoms with van der Waals surface area (Å²) >= 11 is 1.23. The van der Waals surface area contributed by atoms with Crippen LogP contribution in [0.15, 0.2) is 29.6 Å². The summed E-state index contributed by atoms with van der Waals surface area (Å²) in [5.74, 6) is 7.95. The van der Waals surface area contributed by atoms with Gasteiger partial charge in [-0.1, -0.05) is 25.7 Å². The van der Waals surface area contributed by atoms with Gasteiger partial charge in [0.25, 0.3) is 0 Å². The average Bonchev–Trinajstić information content (AvgIpc) is 3.34. The summed E-state index contributed by atoms with van der Waals surface area (Å²) < 4.78 is 11.2. The van der Waals surface area contributed by atoms with Crippen LogP contribution in [-0.4, -0.2) is 16.9 Å². The average molecular weight is 394 g/mol. The van der Waals surface area contributed by atoms with Crippen LogP contribution in [0.2, 0.25) is 0 Å². The molecule has 5 heteroatoms. The molecule has 2 fully saturated rings. The molecule has 4 unspecified atom stereocenters. The minimum atomic E-state index is -1.31. The maximum Gasteiger partial charge on any atom is 0.512 e. The van der Waals surface area contributed by atoms with Gasteiger partial charge in [0, 0.05) is 33.6 Å². The molecule has 1 aromatic heterocycles. The Labute approximate surface area is 168 Å². The fraction of sp³-hybridized carbons (Fsp3) is 0.435. The maximum absolute atomic E-state index is 10.6. The quantitative estimate of drug-likeness (QED) is 0.517. The van der Waals surface area contributed by atoms with E-state index in [-0.39, 0.29) is 16.4 Å². The maximum atomic E-state index is 10.6. The van der Waals surface area contributed by atoms with Crippen molar-refractivity contribution in [2.45, 2.75) is 51.0 Å².